The highest BCUT2D eigenvalue weighted by atomic mass is 35.5. The Labute approximate surface area is 381 Å². The van der Waals surface area contributed by atoms with Gasteiger partial charge in [-0.1, -0.05) is 42.8 Å². The molecule has 2 aromatic carbocycles. The van der Waals surface area contributed by atoms with Gasteiger partial charge in [-0.15, -0.1) is 0 Å². The second-order valence-corrected chi connectivity index (χ2v) is 15.9. The predicted molar refractivity (Wildman–Crippen MR) is 255 cm³/mol. The number of carbonyl (C=O) groups is 2. The van der Waals surface area contributed by atoms with Crippen molar-refractivity contribution in [3.63, 3.8) is 0 Å². The van der Waals surface area contributed by atoms with Crippen LogP contribution in [0.2, 0.25) is 10.0 Å². The summed E-state index contributed by atoms with van der Waals surface area (Å²) >= 11 is 12.0. The van der Waals surface area contributed by atoms with E-state index in [0.717, 1.165) is 72.4 Å². The third-order valence-corrected chi connectivity index (χ3v) is 11.0. The van der Waals surface area contributed by atoms with Crippen LogP contribution in [0.1, 0.15) is 84.8 Å². The van der Waals surface area contributed by atoms with Crippen LogP contribution in [0.5, 0.6) is 0 Å². The Bertz CT molecular complexity index is 2940. The van der Waals surface area contributed by atoms with Gasteiger partial charge in [0.2, 0.25) is 0 Å². The molecule has 0 aliphatic rings. The first-order valence-electron chi connectivity index (χ1n) is 19.8. The van der Waals surface area contributed by atoms with Gasteiger partial charge in [0.15, 0.2) is 0 Å². The Morgan fingerprint density at radius 1 is 0.656 bits per heavy atom. The zero-order valence-corrected chi connectivity index (χ0v) is 37.3. The fraction of sp³-hybridized carbons (Fsp3) is 0.234. The van der Waals surface area contributed by atoms with Crippen molar-refractivity contribution >= 4 is 68.5 Å². The minimum absolute atomic E-state index is 0. The number of hydrogen-bond donors (Lipinski definition) is 5. The number of aromatic nitrogens is 8. The number of nitrogen functional groups attached to an aromatic ring is 2. The zero-order chi connectivity index (χ0) is 45.5. The molecule has 1 amide bonds. The van der Waals surface area contributed by atoms with E-state index in [1.807, 2.05) is 100.0 Å². The normalized spacial score (nSPS) is 10.7. The van der Waals surface area contributed by atoms with Crippen LogP contribution in [0.25, 0.3) is 21.8 Å². The summed E-state index contributed by atoms with van der Waals surface area (Å²) in [5.41, 5.74) is 27.3. The SMILES string of the molecule is C.Cc1cc(N)nc(C)c1CN.Cc1cc(N)nc(C)c1CNC(=O)c1cnc(Cc2ccc3ncc(Cl)cc3c2)n1C.Cn1c(C(=O)O)cnc1Cc1ccc2ncc(Cl)cc2c1. The molecular weight excluding hydrogens is 852 g/mol. The van der Waals surface area contributed by atoms with Gasteiger partial charge >= 0.3 is 5.97 Å². The average molecular weight is 904 g/mol. The Morgan fingerprint density at radius 2 is 1.11 bits per heavy atom. The summed E-state index contributed by atoms with van der Waals surface area (Å²) in [5, 5.41) is 15.1. The van der Waals surface area contributed by atoms with Gasteiger partial charge in [0.1, 0.15) is 34.7 Å². The van der Waals surface area contributed by atoms with Crippen molar-refractivity contribution in [3.8, 4) is 0 Å². The largest absolute Gasteiger partial charge is 0.477 e. The lowest BCUT2D eigenvalue weighted by Crippen LogP contribution is -2.26. The maximum atomic E-state index is 12.8. The number of aromatic carboxylic acids is 1. The molecule has 0 fully saturated rings. The van der Waals surface area contributed by atoms with E-state index in [-0.39, 0.29) is 19.0 Å². The van der Waals surface area contributed by atoms with Crippen molar-refractivity contribution in [2.45, 2.75) is 61.1 Å². The van der Waals surface area contributed by atoms with E-state index < -0.39 is 5.97 Å². The minimum Gasteiger partial charge on any atom is -0.477 e. The Kier molecular flexibility index (Phi) is 15.7. The molecule has 64 heavy (non-hydrogen) atoms. The lowest BCUT2D eigenvalue weighted by Gasteiger charge is -2.12. The van der Waals surface area contributed by atoms with Gasteiger partial charge in [-0.3, -0.25) is 14.8 Å². The van der Waals surface area contributed by atoms with Gasteiger partial charge in [-0.2, -0.15) is 0 Å². The smallest absolute Gasteiger partial charge is 0.354 e. The number of hydrogen-bond acceptors (Lipinski definition) is 11. The molecule has 0 aliphatic carbocycles. The van der Waals surface area contributed by atoms with E-state index in [1.165, 1.54) is 6.20 Å². The number of nitrogens with one attached hydrogen (secondary N) is 1. The van der Waals surface area contributed by atoms with Gasteiger partial charge in [-0.05, 0) is 110 Å². The number of pyridine rings is 4. The molecule has 6 heterocycles. The molecule has 17 heteroatoms. The quantitative estimate of drug-likeness (QED) is 0.0927. The van der Waals surface area contributed by atoms with Crippen molar-refractivity contribution in [3.05, 3.63) is 163 Å². The monoisotopic (exact) mass is 902 g/mol. The predicted octanol–water partition coefficient (Wildman–Crippen LogP) is 8.02. The number of aryl methyl sites for hydroxylation is 4. The summed E-state index contributed by atoms with van der Waals surface area (Å²) in [4.78, 5) is 49.4. The molecule has 8 rings (SSSR count). The number of amides is 1. The number of carboxylic acid groups (broad SMARTS) is 1. The average Bonchev–Trinajstić information content (AvgIpc) is 3.77. The fourth-order valence-corrected chi connectivity index (χ4v) is 7.47. The van der Waals surface area contributed by atoms with Gasteiger partial charge < -0.3 is 36.8 Å². The molecule has 332 valence electrons. The first-order valence-corrected chi connectivity index (χ1v) is 20.5. The molecule has 0 saturated carbocycles. The number of nitrogens with two attached hydrogens (primary N) is 3. The number of benzene rings is 2. The van der Waals surface area contributed by atoms with Crippen LogP contribution in [-0.4, -0.2) is 56.0 Å². The van der Waals surface area contributed by atoms with E-state index in [4.69, 9.17) is 45.5 Å². The maximum absolute atomic E-state index is 12.8. The molecule has 8 N–H and O–H groups in total. The molecule has 6 aromatic heterocycles. The molecule has 0 unspecified atom stereocenters. The lowest BCUT2D eigenvalue weighted by molar-refractivity contribution is 0.0685. The van der Waals surface area contributed by atoms with Crippen LogP contribution >= 0.6 is 23.2 Å². The van der Waals surface area contributed by atoms with Crippen LogP contribution < -0.4 is 22.5 Å². The Balaban J connectivity index is 0.000000201. The standard InChI is InChI=1S/C23H23ClN6O.C15H12ClN3O2.C8H13N3.CH4/c1-13-6-21(25)29-14(2)18(13)11-28-23(31)20-12-27-22(30(20)3)8-15-4-5-19-16(7-15)9-17(24)10-26-19;1-19-13(15(20)21)8-18-14(19)5-9-2-3-12-10(4-9)6-11(16)7-17-12;1-5-3-8(10)11-6(2)7(5)4-9;/h4-7,9-10,12H,8,11H2,1-3H3,(H2,25,29)(H,28,31);2-4,6-8H,5H2,1H3,(H,20,21);3H,4,9H2,1-2H3,(H2,10,11);1H4. The summed E-state index contributed by atoms with van der Waals surface area (Å²) in [5.74, 6) is 1.37. The molecule has 8 aromatic rings. The number of carbonyl (C=O) groups excluding carboxylic acids is 1. The van der Waals surface area contributed by atoms with Crippen molar-refractivity contribution in [1.29, 1.82) is 0 Å². The molecule has 0 spiro atoms. The molecular formula is C47H52Cl2N12O3. The molecule has 0 atom stereocenters. The fourth-order valence-electron chi connectivity index (χ4n) is 7.14. The Hall–Kier alpha value is -6.94. The van der Waals surface area contributed by atoms with Crippen LogP contribution in [0.15, 0.2) is 85.5 Å². The van der Waals surface area contributed by atoms with Crippen molar-refractivity contribution in [1.82, 2.24) is 44.4 Å². The highest BCUT2D eigenvalue weighted by Crippen LogP contribution is 2.22. The number of rotatable bonds is 9. The number of imidazole rings is 2. The van der Waals surface area contributed by atoms with E-state index >= 15 is 0 Å². The van der Waals surface area contributed by atoms with Crippen LogP contribution in [0, 0.1) is 27.7 Å². The number of nitrogens with zero attached hydrogens (tertiary/aromatic N) is 8. The van der Waals surface area contributed by atoms with Gasteiger partial charge in [0.25, 0.3) is 5.91 Å². The number of fused-ring (bicyclic) bond motifs is 2. The summed E-state index contributed by atoms with van der Waals surface area (Å²) in [7, 11) is 3.54. The number of halogens is 2. The lowest BCUT2D eigenvalue weighted by atomic mass is 10.1. The molecule has 0 bridgehead atoms. The maximum Gasteiger partial charge on any atom is 0.354 e. The number of carboxylic acids is 1. The second kappa shape index (κ2) is 21.0. The van der Waals surface area contributed by atoms with Crippen LogP contribution in [0.3, 0.4) is 0 Å². The zero-order valence-electron chi connectivity index (χ0n) is 35.7. The van der Waals surface area contributed by atoms with Crippen molar-refractivity contribution < 1.29 is 14.7 Å². The summed E-state index contributed by atoms with van der Waals surface area (Å²) < 4.78 is 3.40. The Morgan fingerprint density at radius 3 is 1.55 bits per heavy atom. The van der Waals surface area contributed by atoms with Crippen LogP contribution in [-0.2, 0) is 40.0 Å². The van der Waals surface area contributed by atoms with Gasteiger partial charge in [-0.25, -0.2) is 24.7 Å². The molecule has 15 nitrogen and oxygen atoms in total. The van der Waals surface area contributed by atoms with Crippen LogP contribution in [0.4, 0.5) is 11.6 Å². The van der Waals surface area contributed by atoms with E-state index in [9.17, 15) is 9.59 Å². The third kappa shape index (κ3) is 11.5. The first-order chi connectivity index (χ1) is 30.0. The van der Waals surface area contributed by atoms with Gasteiger partial charge in [0.05, 0.1) is 33.5 Å². The minimum atomic E-state index is -0.981. The summed E-state index contributed by atoms with van der Waals surface area (Å²) in [6.07, 6.45) is 7.36. The topological polar surface area (TPSA) is 232 Å². The highest BCUT2D eigenvalue weighted by Gasteiger charge is 2.17. The molecule has 0 radical (unpaired) electrons. The van der Waals surface area contributed by atoms with E-state index in [2.05, 4.69) is 35.2 Å². The highest BCUT2D eigenvalue weighted by molar-refractivity contribution is 6.31. The summed E-state index contributed by atoms with van der Waals surface area (Å²) in [6, 6.07) is 19.3. The first kappa shape index (κ1) is 48.1. The summed E-state index contributed by atoms with van der Waals surface area (Å²) in [6.45, 7) is 8.67. The molecule has 0 saturated heterocycles. The van der Waals surface area contributed by atoms with E-state index in [1.54, 1.807) is 30.2 Å². The second-order valence-electron chi connectivity index (χ2n) is 15.0. The number of anilines is 2. The molecule has 0 aliphatic heterocycles. The van der Waals surface area contributed by atoms with Crippen molar-refractivity contribution in [2.75, 3.05) is 11.5 Å². The van der Waals surface area contributed by atoms with Crippen molar-refractivity contribution in [2.24, 2.45) is 19.8 Å². The third-order valence-electron chi connectivity index (χ3n) is 10.5. The van der Waals surface area contributed by atoms with E-state index in [0.29, 0.717) is 59.1 Å². The van der Waals surface area contributed by atoms with Gasteiger partial charge in [0, 0.05) is 74.6 Å².